The molecule has 18 heavy (non-hydrogen) atoms. The Morgan fingerprint density at radius 2 is 2.00 bits per heavy atom. The van der Waals surface area contributed by atoms with Gasteiger partial charge in [-0.25, -0.2) is 0 Å². The molecule has 0 saturated carbocycles. The van der Waals surface area contributed by atoms with E-state index in [-0.39, 0.29) is 12.4 Å². The zero-order valence-corrected chi connectivity index (χ0v) is 11.4. The maximum absolute atomic E-state index is 9.80. The van der Waals surface area contributed by atoms with Crippen LogP contribution in [-0.4, -0.2) is 41.2 Å². The number of aryl methyl sites for hydroxylation is 1. The van der Waals surface area contributed by atoms with Crippen LogP contribution in [0.15, 0.2) is 12.1 Å². The molecule has 0 bridgehead atoms. The van der Waals surface area contributed by atoms with Gasteiger partial charge in [0.05, 0.1) is 5.69 Å². The second-order valence-corrected chi connectivity index (χ2v) is 5.29. The lowest BCUT2D eigenvalue weighted by Crippen LogP contribution is -2.25. The van der Waals surface area contributed by atoms with Crippen LogP contribution in [0.2, 0.25) is 0 Å². The Balaban J connectivity index is 0.00000120. The maximum atomic E-state index is 9.80. The Kier molecular flexibility index (Phi) is 4.10. The first kappa shape index (κ1) is 13.6. The normalized spacial score (nSPS) is 26.9. The minimum absolute atomic E-state index is 0. The highest BCUT2D eigenvalue weighted by atomic mass is 35.5. The lowest BCUT2D eigenvalue weighted by molar-refractivity contribution is 0.295. The third-order valence-electron chi connectivity index (χ3n) is 3.93. The maximum Gasteiger partial charge on any atom is 0.138 e. The van der Waals surface area contributed by atoms with Gasteiger partial charge in [0.25, 0.3) is 0 Å². The van der Waals surface area contributed by atoms with Crippen molar-refractivity contribution in [3.8, 4) is 5.75 Å². The van der Waals surface area contributed by atoms with E-state index in [1.54, 1.807) is 6.07 Å². The first-order valence-electron chi connectivity index (χ1n) is 6.31. The highest BCUT2D eigenvalue weighted by molar-refractivity contribution is 5.85. The number of pyridine rings is 1. The van der Waals surface area contributed by atoms with E-state index in [1.807, 2.05) is 13.0 Å². The summed E-state index contributed by atoms with van der Waals surface area (Å²) >= 11 is 0. The van der Waals surface area contributed by atoms with E-state index in [2.05, 4.69) is 15.2 Å². The molecule has 2 aliphatic rings. The zero-order chi connectivity index (χ0) is 11.8. The predicted molar refractivity (Wildman–Crippen MR) is 73.0 cm³/mol. The first-order chi connectivity index (χ1) is 8.22. The minimum atomic E-state index is 0. The van der Waals surface area contributed by atoms with E-state index in [1.165, 1.54) is 0 Å². The van der Waals surface area contributed by atoms with Gasteiger partial charge in [0.2, 0.25) is 0 Å². The van der Waals surface area contributed by atoms with Crippen LogP contribution >= 0.6 is 12.4 Å². The molecule has 100 valence electrons. The molecule has 0 unspecified atom stereocenters. The highest BCUT2D eigenvalue weighted by Crippen LogP contribution is 2.28. The van der Waals surface area contributed by atoms with Crippen molar-refractivity contribution < 1.29 is 5.11 Å². The number of nitrogens with one attached hydrogen (secondary N) is 1. The van der Waals surface area contributed by atoms with Crippen molar-refractivity contribution in [2.75, 3.05) is 26.2 Å². The van der Waals surface area contributed by atoms with E-state index < -0.39 is 0 Å². The molecule has 1 aromatic heterocycles. The SMILES string of the molecule is Cc1ccc(O)c(CN2C[C@H]3CNC[C@H]3C2)n1.Cl. The van der Waals surface area contributed by atoms with E-state index in [0.29, 0.717) is 5.75 Å². The second kappa shape index (κ2) is 5.43. The topological polar surface area (TPSA) is 48.4 Å². The Hall–Kier alpha value is -0.840. The fourth-order valence-electron chi connectivity index (χ4n) is 3.01. The summed E-state index contributed by atoms with van der Waals surface area (Å²) in [5.74, 6) is 1.91. The van der Waals surface area contributed by atoms with Crippen molar-refractivity contribution in [2.45, 2.75) is 13.5 Å². The average molecular weight is 270 g/mol. The van der Waals surface area contributed by atoms with Crippen LogP contribution < -0.4 is 5.32 Å². The molecule has 2 fully saturated rings. The lowest BCUT2D eigenvalue weighted by Gasteiger charge is -2.17. The third-order valence-corrected chi connectivity index (χ3v) is 3.93. The Bertz CT molecular complexity index is 415. The van der Waals surface area contributed by atoms with Crippen LogP contribution in [-0.2, 0) is 6.54 Å². The highest BCUT2D eigenvalue weighted by Gasteiger charge is 2.36. The molecule has 3 heterocycles. The van der Waals surface area contributed by atoms with Crippen molar-refractivity contribution in [1.82, 2.24) is 15.2 Å². The quantitative estimate of drug-likeness (QED) is 0.846. The zero-order valence-electron chi connectivity index (χ0n) is 10.6. The summed E-state index contributed by atoms with van der Waals surface area (Å²) in [6.07, 6.45) is 0. The van der Waals surface area contributed by atoms with Gasteiger partial charge in [0, 0.05) is 25.3 Å². The van der Waals surface area contributed by atoms with E-state index in [0.717, 1.165) is 55.9 Å². The van der Waals surface area contributed by atoms with Gasteiger partial charge < -0.3 is 10.4 Å². The van der Waals surface area contributed by atoms with Crippen LogP contribution in [0.3, 0.4) is 0 Å². The van der Waals surface area contributed by atoms with Crippen molar-refractivity contribution in [3.63, 3.8) is 0 Å². The van der Waals surface area contributed by atoms with E-state index in [4.69, 9.17) is 0 Å². The molecule has 0 aromatic carbocycles. The smallest absolute Gasteiger partial charge is 0.138 e. The molecular weight excluding hydrogens is 250 g/mol. The van der Waals surface area contributed by atoms with Crippen molar-refractivity contribution >= 4 is 12.4 Å². The van der Waals surface area contributed by atoms with Crippen LogP contribution in [0.1, 0.15) is 11.4 Å². The number of likely N-dealkylation sites (tertiary alicyclic amines) is 1. The Labute approximate surface area is 114 Å². The summed E-state index contributed by atoms with van der Waals surface area (Å²) in [5, 5.41) is 13.2. The molecule has 2 aliphatic heterocycles. The molecule has 0 spiro atoms. The molecular formula is C13H20ClN3O. The second-order valence-electron chi connectivity index (χ2n) is 5.29. The van der Waals surface area contributed by atoms with Crippen LogP contribution in [0, 0.1) is 18.8 Å². The summed E-state index contributed by atoms with van der Waals surface area (Å²) in [5.41, 5.74) is 1.79. The van der Waals surface area contributed by atoms with Gasteiger partial charge in [-0.2, -0.15) is 0 Å². The summed E-state index contributed by atoms with van der Waals surface area (Å²) < 4.78 is 0. The fourth-order valence-corrected chi connectivity index (χ4v) is 3.01. The molecule has 3 rings (SSSR count). The molecule has 0 radical (unpaired) electrons. The number of nitrogens with zero attached hydrogens (tertiary/aromatic N) is 2. The summed E-state index contributed by atoms with van der Waals surface area (Å²) in [4.78, 5) is 6.84. The predicted octanol–water partition coefficient (Wildman–Crippen LogP) is 1.17. The molecule has 0 amide bonds. The van der Waals surface area contributed by atoms with Crippen LogP contribution in [0.5, 0.6) is 5.75 Å². The lowest BCUT2D eigenvalue weighted by atomic mass is 10.0. The molecule has 2 saturated heterocycles. The van der Waals surface area contributed by atoms with E-state index >= 15 is 0 Å². The number of hydrogen-bond acceptors (Lipinski definition) is 4. The summed E-state index contributed by atoms with van der Waals surface area (Å²) in [6.45, 7) is 7.30. The molecule has 4 nitrogen and oxygen atoms in total. The van der Waals surface area contributed by atoms with Gasteiger partial charge in [-0.15, -0.1) is 12.4 Å². The molecule has 2 N–H and O–H groups in total. The number of hydrogen-bond donors (Lipinski definition) is 2. The third kappa shape index (κ3) is 2.60. The first-order valence-corrected chi connectivity index (χ1v) is 6.31. The van der Waals surface area contributed by atoms with Gasteiger partial charge in [-0.1, -0.05) is 0 Å². The van der Waals surface area contributed by atoms with E-state index in [9.17, 15) is 5.11 Å². The molecule has 5 heteroatoms. The molecule has 2 atom stereocenters. The Morgan fingerprint density at radius 1 is 1.33 bits per heavy atom. The monoisotopic (exact) mass is 269 g/mol. The molecule has 1 aromatic rings. The number of aromatic nitrogens is 1. The number of rotatable bonds is 2. The van der Waals surface area contributed by atoms with Crippen molar-refractivity contribution in [3.05, 3.63) is 23.5 Å². The standard InChI is InChI=1S/C13H19N3O.ClH/c1-9-2-3-13(17)12(15-9)8-16-6-10-4-14-5-11(10)7-16;/h2-3,10-11,14,17H,4-8H2,1H3;1H/t10-,11+;. The summed E-state index contributed by atoms with van der Waals surface area (Å²) in [7, 11) is 0. The number of fused-ring (bicyclic) bond motifs is 1. The van der Waals surface area contributed by atoms with Gasteiger partial charge in [-0.3, -0.25) is 9.88 Å². The van der Waals surface area contributed by atoms with Crippen LogP contribution in [0.4, 0.5) is 0 Å². The number of aromatic hydroxyl groups is 1. The van der Waals surface area contributed by atoms with Crippen molar-refractivity contribution in [2.24, 2.45) is 11.8 Å². The fraction of sp³-hybridized carbons (Fsp3) is 0.615. The van der Waals surface area contributed by atoms with Crippen molar-refractivity contribution in [1.29, 1.82) is 0 Å². The van der Waals surface area contributed by atoms with Crippen LogP contribution in [0.25, 0.3) is 0 Å². The van der Waals surface area contributed by atoms with Gasteiger partial charge in [0.1, 0.15) is 5.75 Å². The van der Waals surface area contributed by atoms with Gasteiger partial charge in [0.15, 0.2) is 0 Å². The number of halogens is 1. The van der Waals surface area contributed by atoms with Gasteiger partial charge >= 0.3 is 0 Å². The largest absolute Gasteiger partial charge is 0.506 e. The van der Waals surface area contributed by atoms with Gasteiger partial charge in [-0.05, 0) is 44.0 Å². The Morgan fingerprint density at radius 3 is 2.67 bits per heavy atom. The summed E-state index contributed by atoms with van der Waals surface area (Å²) in [6, 6.07) is 3.59. The average Bonchev–Trinajstić information content (AvgIpc) is 2.83. The molecule has 0 aliphatic carbocycles. The minimum Gasteiger partial charge on any atom is -0.506 e.